The zero-order valence-electron chi connectivity index (χ0n) is 6.99. The van der Waals surface area contributed by atoms with Gasteiger partial charge in [-0.15, -0.1) is 0 Å². The summed E-state index contributed by atoms with van der Waals surface area (Å²) in [6, 6.07) is 5.01. The van der Waals surface area contributed by atoms with Gasteiger partial charge in [-0.05, 0) is 30.5 Å². The summed E-state index contributed by atoms with van der Waals surface area (Å²) in [7, 11) is 0. The normalized spacial score (nSPS) is 10.1. The molecule has 0 N–H and O–H groups in total. The van der Waals surface area contributed by atoms with Crippen LogP contribution in [0.2, 0.25) is 0 Å². The third kappa shape index (κ3) is 3.49. The van der Waals surface area contributed by atoms with Crippen LogP contribution in [0.1, 0.15) is 12.0 Å². The van der Waals surface area contributed by atoms with Gasteiger partial charge in [0, 0.05) is 9.51 Å². The third-order valence-corrected chi connectivity index (χ3v) is 2.36. The van der Waals surface area contributed by atoms with E-state index in [1.807, 2.05) is 6.07 Å². The van der Waals surface area contributed by atoms with Gasteiger partial charge in [-0.25, -0.2) is 4.39 Å². The van der Waals surface area contributed by atoms with Crippen LogP contribution in [0.25, 0.3) is 0 Å². The fourth-order valence-corrected chi connectivity index (χ4v) is 1.42. The predicted molar refractivity (Wildman–Crippen MR) is 57.4 cm³/mol. The Morgan fingerprint density at radius 2 is 2.23 bits per heavy atom. The predicted octanol–water partition coefficient (Wildman–Crippen LogP) is 4.27. The summed E-state index contributed by atoms with van der Waals surface area (Å²) in [5.41, 5.74) is 0.671. The molecule has 0 radical (unpaired) electrons. The largest absolute Gasteiger partial charge is 0.207 e. The van der Waals surface area contributed by atoms with E-state index in [0.717, 1.165) is 4.47 Å². The van der Waals surface area contributed by atoms with Gasteiger partial charge in [-0.2, -0.15) is 0 Å². The van der Waals surface area contributed by atoms with E-state index in [1.54, 1.807) is 6.07 Å². The summed E-state index contributed by atoms with van der Waals surface area (Å²) >= 11 is 8.78. The van der Waals surface area contributed by atoms with Crippen molar-refractivity contribution in [3.8, 4) is 0 Å². The van der Waals surface area contributed by atoms with E-state index in [1.165, 1.54) is 6.07 Å². The molecule has 0 amide bonds. The quantitative estimate of drug-likeness (QED) is 0.764. The number of aryl methyl sites for hydroxylation is 1. The second-order valence-electron chi connectivity index (χ2n) is 2.75. The van der Waals surface area contributed by atoms with Crippen LogP contribution in [0.4, 0.5) is 4.39 Å². The van der Waals surface area contributed by atoms with Gasteiger partial charge < -0.3 is 0 Å². The maximum Gasteiger partial charge on any atom is 0.127 e. The lowest BCUT2D eigenvalue weighted by Crippen LogP contribution is -1.90. The van der Waals surface area contributed by atoms with Crippen LogP contribution < -0.4 is 0 Å². The molecule has 0 atom stereocenters. The molecule has 0 aliphatic rings. The highest BCUT2D eigenvalue weighted by atomic mass is 79.9. The van der Waals surface area contributed by atoms with Crippen LogP contribution in [0.3, 0.4) is 0 Å². The van der Waals surface area contributed by atoms with Gasteiger partial charge in [0.05, 0.1) is 0 Å². The van der Waals surface area contributed by atoms with Crippen LogP contribution in [0.15, 0.2) is 34.3 Å². The standard InChI is InChI=1S/C10H9BrClF/c1-7(12)2-3-8-4-5-9(11)6-10(8)13/h4-6H,1-3H2. The van der Waals surface area contributed by atoms with Crippen LogP contribution >= 0.6 is 27.5 Å². The van der Waals surface area contributed by atoms with Crippen LogP contribution in [-0.4, -0.2) is 0 Å². The molecule has 0 spiro atoms. The topological polar surface area (TPSA) is 0 Å². The minimum absolute atomic E-state index is 0.202. The highest BCUT2D eigenvalue weighted by Gasteiger charge is 2.02. The first-order valence-corrected chi connectivity index (χ1v) is 5.04. The minimum atomic E-state index is -0.202. The van der Waals surface area contributed by atoms with Gasteiger partial charge in [0.25, 0.3) is 0 Å². The van der Waals surface area contributed by atoms with Gasteiger partial charge in [0.15, 0.2) is 0 Å². The Kier molecular flexibility index (Phi) is 3.94. The van der Waals surface area contributed by atoms with E-state index in [0.29, 0.717) is 23.4 Å². The van der Waals surface area contributed by atoms with Crippen molar-refractivity contribution in [2.45, 2.75) is 12.8 Å². The molecule has 0 saturated carbocycles. The second kappa shape index (κ2) is 4.77. The van der Waals surface area contributed by atoms with Crippen molar-refractivity contribution >= 4 is 27.5 Å². The first kappa shape index (κ1) is 10.7. The van der Waals surface area contributed by atoms with E-state index in [4.69, 9.17) is 11.6 Å². The van der Waals surface area contributed by atoms with Crippen LogP contribution in [0.5, 0.6) is 0 Å². The fraction of sp³-hybridized carbons (Fsp3) is 0.200. The lowest BCUT2D eigenvalue weighted by molar-refractivity contribution is 0.608. The van der Waals surface area contributed by atoms with E-state index in [9.17, 15) is 4.39 Å². The lowest BCUT2D eigenvalue weighted by atomic mass is 10.1. The number of hydrogen-bond acceptors (Lipinski definition) is 0. The summed E-state index contributed by atoms with van der Waals surface area (Å²) < 4.78 is 13.9. The Bertz CT molecular complexity index is 323. The molecule has 70 valence electrons. The molecule has 1 rings (SSSR count). The Labute approximate surface area is 90.5 Å². The van der Waals surface area contributed by atoms with Crippen molar-refractivity contribution in [2.24, 2.45) is 0 Å². The number of allylic oxidation sites excluding steroid dienone is 1. The lowest BCUT2D eigenvalue weighted by Gasteiger charge is -2.02. The fourth-order valence-electron chi connectivity index (χ4n) is 0.995. The number of hydrogen-bond donors (Lipinski definition) is 0. The molecule has 3 heteroatoms. The summed E-state index contributed by atoms with van der Waals surface area (Å²) in [5.74, 6) is -0.202. The van der Waals surface area contributed by atoms with Crippen molar-refractivity contribution in [3.63, 3.8) is 0 Å². The van der Waals surface area contributed by atoms with Crippen molar-refractivity contribution in [1.82, 2.24) is 0 Å². The molecule has 1 aromatic rings. The van der Waals surface area contributed by atoms with Gasteiger partial charge in [0.2, 0.25) is 0 Å². The van der Waals surface area contributed by atoms with E-state index >= 15 is 0 Å². The van der Waals surface area contributed by atoms with Crippen LogP contribution in [0, 0.1) is 5.82 Å². The molecule has 0 saturated heterocycles. The zero-order valence-corrected chi connectivity index (χ0v) is 9.33. The molecule has 1 aromatic carbocycles. The molecule has 0 fully saturated rings. The Balaban J connectivity index is 2.72. The molecule has 0 unspecified atom stereocenters. The molecule has 0 aromatic heterocycles. The van der Waals surface area contributed by atoms with Crippen molar-refractivity contribution in [2.75, 3.05) is 0 Å². The number of halogens is 3. The highest BCUT2D eigenvalue weighted by molar-refractivity contribution is 9.10. The summed E-state index contributed by atoms with van der Waals surface area (Å²) in [6.45, 7) is 3.55. The number of rotatable bonds is 3. The molecular weight excluding hydrogens is 254 g/mol. The molecule has 0 nitrogen and oxygen atoms in total. The molecule has 0 bridgehead atoms. The molecular formula is C10H9BrClF. The zero-order chi connectivity index (χ0) is 9.84. The highest BCUT2D eigenvalue weighted by Crippen LogP contribution is 2.18. The maximum absolute atomic E-state index is 13.2. The van der Waals surface area contributed by atoms with Crippen LogP contribution in [-0.2, 0) is 6.42 Å². The summed E-state index contributed by atoms with van der Waals surface area (Å²) in [4.78, 5) is 0. The molecule has 0 heterocycles. The van der Waals surface area contributed by atoms with Crippen molar-refractivity contribution in [1.29, 1.82) is 0 Å². The minimum Gasteiger partial charge on any atom is -0.207 e. The van der Waals surface area contributed by atoms with Gasteiger partial charge >= 0.3 is 0 Å². The first-order chi connectivity index (χ1) is 6.09. The smallest absolute Gasteiger partial charge is 0.127 e. The first-order valence-electron chi connectivity index (χ1n) is 3.87. The molecule has 13 heavy (non-hydrogen) atoms. The van der Waals surface area contributed by atoms with E-state index < -0.39 is 0 Å². The van der Waals surface area contributed by atoms with Crippen molar-refractivity contribution < 1.29 is 4.39 Å². The Hall–Kier alpha value is -0.340. The third-order valence-electron chi connectivity index (χ3n) is 1.68. The number of benzene rings is 1. The maximum atomic E-state index is 13.2. The SMILES string of the molecule is C=C(Cl)CCc1ccc(Br)cc1F. The Morgan fingerprint density at radius 3 is 2.77 bits per heavy atom. The van der Waals surface area contributed by atoms with E-state index in [-0.39, 0.29) is 5.82 Å². The monoisotopic (exact) mass is 262 g/mol. The average molecular weight is 264 g/mol. The molecule has 0 aliphatic heterocycles. The van der Waals surface area contributed by atoms with E-state index in [2.05, 4.69) is 22.5 Å². The molecule has 0 aliphatic carbocycles. The summed E-state index contributed by atoms with van der Waals surface area (Å²) in [5, 5.41) is 0.558. The second-order valence-corrected chi connectivity index (χ2v) is 4.20. The van der Waals surface area contributed by atoms with Gasteiger partial charge in [0.1, 0.15) is 5.82 Å². The Morgan fingerprint density at radius 1 is 1.54 bits per heavy atom. The van der Waals surface area contributed by atoms with Gasteiger partial charge in [-0.3, -0.25) is 0 Å². The van der Waals surface area contributed by atoms with Gasteiger partial charge in [-0.1, -0.05) is 40.2 Å². The van der Waals surface area contributed by atoms with Crippen molar-refractivity contribution in [3.05, 3.63) is 45.7 Å². The average Bonchev–Trinajstić information content (AvgIpc) is 2.02. The summed E-state index contributed by atoms with van der Waals surface area (Å²) in [6.07, 6.45) is 1.21.